The smallest absolute Gasteiger partial charge is 0.222 e. The normalized spacial score (nSPS) is 33.1. The molecule has 0 aromatic carbocycles. The van der Waals surface area contributed by atoms with Gasteiger partial charge in [-0.1, -0.05) is 0 Å². The number of nitrogens with zero attached hydrogens (tertiary/aromatic N) is 1. The zero-order chi connectivity index (χ0) is 15.2. The van der Waals surface area contributed by atoms with Crippen LogP contribution in [0.3, 0.4) is 0 Å². The minimum atomic E-state index is -0.152. The molecular weight excluding hydrogens is 274 g/mol. The highest BCUT2D eigenvalue weighted by atomic mass is 16.6. The van der Waals surface area contributed by atoms with E-state index in [1.807, 2.05) is 7.05 Å². The Labute approximate surface area is 126 Å². The molecule has 6 heteroatoms. The molecule has 0 saturated carbocycles. The summed E-state index contributed by atoms with van der Waals surface area (Å²) in [6, 6.07) is -0.106. The minimum absolute atomic E-state index is 0.106. The molecule has 0 aliphatic carbocycles. The van der Waals surface area contributed by atoms with Crippen LogP contribution in [0.15, 0.2) is 0 Å². The van der Waals surface area contributed by atoms with Crippen molar-refractivity contribution in [2.24, 2.45) is 0 Å². The lowest BCUT2D eigenvalue weighted by atomic mass is 10.0. The van der Waals surface area contributed by atoms with Crippen molar-refractivity contribution >= 4 is 5.91 Å². The Morgan fingerprint density at radius 3 is 2.71 bits per heavy atom. The van der Waals surface area contributed by atoms with Crippen molar-refractivity contribution < 1.29 is 23.7 Å². The Hall–Kier alpha value is -0.690. The second-order valence-corrected chi connectivity index (χ2v) is 5.76. The van der Waals surface area contributed by atoms with Gasteiger partial charge in [0.15, 0.2) is 0 Å². The lowest BCUT2D eigenvalue weighted by Gasteiger charge is -2.40. The zero-order valence-electron chi connectivity index (χ0n) is 13.2. The van der Waals surface area contributed by atoms with E-state index in [0.29, 0.717) is 19.6 Å². The Bertz CT molecular complexity index is 332. The third-order valence-electron chi connectivity index (χ3n) is 4.49. The lowest BCUT2D eigenvalue weighted by Crippen LogP contribution is -2.57. The fraction of sp³-hybridized carbons (Fsp3) is 0.933. The van der Waals surface area contributed by atoms with E-state index in [0.717, 1.165) is 25.9 Å². The van der Waals surface area contributed by atoms with Gasteiger partial charge in [0, 0.05) is 34.3 Å². The predicted molar refractivity (Wildman–Crippen MR) is 77.2 cm³/mol. The summed E-state index contributed by atoms with van der Waals surface area (Å²) in [5, 5.41) is 0. The summed E-state index contributed by atoms with van der Waals surface area (Å²) in [5.41, 5.74) is 0. The Kier molecular flexibility index (Phi) is 6.41. The van der Waals surface area contributed by atoms with Crippen molar-refractivity contribution in [1.29, 1.82) is 0 Å². The summed E-state index contributed by atoms with van der Waals surface area (Å²) in [6.07, 6.45) is 3.42. The number of hydrogen-bond donors (Lipinski definition) is 0. The van der Waals surface area contributed by atoms with Crippen molar-refractivity contribution in [1.82, 2.24) is 4.90 Å². The van der Waals surface area contributed by atoms with Crippen LogP contribution in [-0.2, 0) is 23.7 Å². The molecule has 2 fully saturated rings. The number of carbonyl (C=O) groups is 1. The number of ether oxygens (including phenoxy) is 4. The number of likely N-dealkylation sites (N-methyl/N-ethyl adjacent to an activating group) is 1. The first kappa shape index (κ1) is 16.7. The summed E-state index contributed by atoms with van der Waals surface area (Å²) in [5.74, 6) is 0.109. The summed E-state index contributed by atoms with van der Waals surface area (Å²) in [7, 11) is 5.11. The van der Waals surface area contributed by atoms with Crippen molar-refractivity contribution in [2.75, 3.05) is 41.1 Å². The molecule has 2 aliphatic rings. The number of methoxy groups -OCH3 is 2. The molecule has 4 atom stereocenters. The lowest BCUT2D eigenvalue weighted by molar-refractivity contribution is -0.165. The summed E-state index contributed by atoms with van der Waals surface area (Å²) < 4.78 is 22.0. The van der Waals surface area contributed by atoms with E-state index in [2.05, 4.69) is 0 Å². The van der Waals surface area contributed by atoms with Gasteiger partial charge in [0.25, 0.3) is 0 Å². The maximum absolute atomic E-state index is 12.4. The van der Waals surface area contributed by atoms with Crippen LogP contribution < -0.4 is 0 Å². The van der Waals surface area contributed by atoms with Gasteiger partial charge in [-0.2, -0.15) is 0 Å². The molecule has 0 N–H and O–H groups in total. The van der Waals surface area contributed by atoms with Crippen molar-refractivity contribution in [3.63, 3.8) is 0 Å². The highest BCUT2D eigenvalue weighted by Crippen LogP contribution is 2.21. The van der Waals surface area contributed by atoms with Gasteiger partial charge in [-0.25, -0.2) is 0 Å². The Balaban J connectivity index is 1.87. The zero-order valence-corrected chi connectivity index (χ0v) is 13.2. The molecule has 122 valence electrons. The van der Waals surface area contributed by atoms with Crippen molar-refractivity contribution in [3.8, 4) is 0 Å². The topological polar surface area (TPSA) is 57.2 Å². The van der Waals surface area contributed by atoms with E-state index in [9.17, 15) is 4.79 Å². The van der Waals surface area contributed by atoms with E-state index < -0.39 is 0 Å². The van der Waals surface area contributed by atoms with Crippen molar-refractivity contribution in [3.05, 3.63) is 0 Å². The van der Waals surface area contributed by atoms with Crippen LogP contribution in [0.25, 0.3) is 0 Å². The molecule has 0 aromatic heterocycles. The monoisotopic (exact) mass is 301 g/mol. The average Bonchev–Trinajstić information content (AvgIpc) is 3.04. The van der Waals surface area contributed by atoms with E-state index in [1.54, 1.807) is 19.1 Å². The van der Waals surface area contributed by atoms with Crippen LogP contribution in [0, 0.1) is 0 Å². The molecule has 0 spiro atoms. The molecule has 6 nitrogen and oxygen atoms in total. The molecule has 21 heavy (non-hydrogen) atoms. The molecule has 2 rings (SSSR count). The van der Waals surface area contributed by atoms with Gasteiger partial charge in [-0.3, -0.25) is 4.79 Å². The SMILES string of the molecule is CO[C@H]1[C@H](N(C)C(=O)CC[C@@H]2CCCO2)COC[C@H]1OC. The highest BCUT2D eigenvalue weighted by Gasteiger charge is 2.38. The van der Waals surface area contributed by atoms with E-state index in [-0.39, 0.29) is 30.3 Å². The molecule has 0 bridgehead atoms. The van der Waals surface area contributed by atoms with Gasteiger partial charge in [0.2, 0.25) is 5.91 Å². The molecule has 0 unspecified atom stereocenters. The highest BCUT2D eigenvalue weighted by molar-refractivity contribution is 5.76. The third kappa shape index (κ3) is 4.16. The summed E-state index contributed by atoms with van der Waals surface area (Å²) in [4.78, 5) is 14.1. The summed E-state index contributed by atoms with van der Waals surface area (Å²) >= 11 is 0. The van der Waals surface area contributed by atoms with Gasteiger partial charge in [-0.05, 0) is 19.3 Å². The second-order valence-electron chi connectivity index (χ2n) is 5.76. The fourth-order valence-electron chi connectivity index (χ4n) is 3.10. The van der Waals surface area contributed by atoms with Crippen LogP contribution in [-0.4, -0.2) is 76.2 Å². The van der Waals surface area contributed by atoms with Crippen LogP contribution in [0.2, 0.25) is 0 Å². The molecule has 2 heterocycles. The standard InChI is InChI=1S/C15H27NO5/c1-16(14(17)7-6-11-5-4-8-21-11)12-9-20-10-13(18-2)15(12)19-3/h11-13,15H,4-10H2,1-3H3/t11-,12+,13+,15-/m0/s1. The van der Waals surface area contributed by atoms with E-state index in [1.165, 1.54) is 0 Å². The average molecular weight is 301 g/mol. The number of amides is 1. The maximum atomic E-state index is 12.4. The van der Waals surface area contributed by atoms with Crippen LogP contribution in [0.1, 0.15) is 25.7 Å². The molecule has 0 aromatic rings. The van der Waals surface area contributed by atoms with Crippen LogP contribution in [0.4, 0.5) is 0 Å². The minimum Gasteiger partial charge on any atom is -0.378 e. The first-order valence-electron chi connectivity index (χ1n) is 7.68. The predicted octanol–water partition coefficient (Wildman–Crippen LogP) is 0.833. The molecule has 1 amide bonds. The maximum Gasteiger partial charge on any atom is 0.222 e. The Morgan fingerprint density at radius 2 is 2.10 bits per heavy atom. The van der Waals surface area contributed by atoms with Crippen LogP contribution in [0.5, 0.6) is 0 Å². The fourth-order valence-corrected chi connectivity index (χ4v) is 3.10. The van der Waals surface area contributed by atoms with Gasteiger partial charge < -0.3 is 23.8 Å². The van der Waals surface area contributed by atoms with Crippen LogP contribution >= 0.6 is 0 Å². The Morgan fingerprint density at radius 1 is 1.29 bits per heavy atom. The van der Waals surface area contributed by atoms with Gasteiger partial charge in [-0.15, -0.1) is 0 Å². The molecule has 0 radical (unpaired) electrons. The first-order chi connectivity index (χ1) is 10.2. The quantitative estimate of drug-likeness (QED) is 0.727. The summed E-state index contributed by atoms with van der Waals surface area (Å²) in [6.45, 7) is 1.82. The molecule has 2 aliphatic heterocycles. The molecular formula is C15H27NO5. The number of hydrogen-bond acceptors (Lipinski definition) is 5. The third-order valence-corrected chi connectivity index (χ3v) is 4.49. The number of rotatable bonds is 6. The first-order valence-corrected chi connectivity index (χ1v) is 7.68. The number of carbonyl (C=O) groups excluding carboxylic acids is 1. The van der Waals surface area contributed by atoms with Gasteiger partial charge >= 0.3 is 0 Å². The largest absolute Gasteiger partial charge is 0.378 e. The second kappa shape index (κ2) is 8.08. The van der Waals surface area contributed by atoms with Gasteiger partial charge in [0.1, 0.15) is 12.2 Å². The van der Waals surface area contributed by atoms with Crippen molar-refractivity contribution in [2.45, 2.75) is 50.0 Å². The van der Waals surface area contributed by atoms with E-state index in [4.69, 9.17) is 18.9 Å². The van der Waals surface area contributed by atoms with E-state index >= 15 is 0 Å². The van der Waals surface area contributed by atoms with Gasteiger partial charge in [0.05, 0.1) is 25.4 Å². The molecule has 2 saturated heterocycles.